The fraction of sp³-hybridized carbons (Fsp3) is 0.261. The van der Waals surface area contributed by atoms with E-state index in [-0.39, 0.29) is 23.6 Å². The number of aliphatic carboxylic acids is 1. The lowest BCUT2D eigenvalue weighted by Gasteiger charge is -2.19. The number of amides is 1. The SMILES string of the molecule is Cc1ccccc1C(CC(=O)O)NC(=O)c1nn(C)cc1NS(=O)(=O)CCc1ccccc1. The van der Waals surface area contributed by atoms with E-state index in [1.165, 1.54) is 10.9 Å². The molecule has 1 atom stereocenters. The van der Waals surface area contributed by atoms with Crippen LogP contribution < -0.4 is 10.0 Å². The van der Waals surface area contributed by atoms with Gasteiger partial charge in [-0.15, -0.1) is 0 Å². The van der Waals surface area contributed by atoms with Gasteiger partial charge in [0.2, 0.25) is 10.0 Å². The summed E-state index contributed by atoms with van der Waals surface area (Å²) in [5.74, 6) is -1.92. The number of nitrogens with one attached hydrogen (secondary N) is 2. The summed E-state index contributed by atoms with van der Waals surface area (Å²) in [6, 6.07) is 15.5. The molecule has 0 saturated carbocycles. The second-order valence-electron chi connectivity index (χ2n) is 7.70. The lowest BCUT2D eigenvalue weighted by atomic mass is 9.98. The molecule has 0 fully saturated rings. The summed E-state index contributed by atoms with van der Waals surface area (Å²) in [4.78, 5) is 24.4. The highest BCUT2D eigenvalue weighted by Gasteiger charge is 2.25. The van der Waals surface area contributed by atoms with Gasteiger partial charge < -0.3 is 10.4 Å². The van der Waals surface area contributed by atoms with Crippen LogP contribution in [0.2, 0.25) is 0 Å². The van der Waals surface area contributed by atoms with Crippen molar-refractivity contribution in [2.75, 3.05) is 10.5 Å². The Morgan fingerprint density at radius 3 is 2.42 bits per heavy atom. The Morgan fingerprint density at radius 1 is 1.09 bits per heavy atom. The third-order valence-corrected chi connectivity index (χ3v) is 6.33. The number of carboxylic acid groups (broad SMARTS) is 1. The van der Waals surface area contributed by atoms with Crippen molar-refractivity contribution < 1.29 is 23.1 Å². The van der Waals surface area contributed by atoms with E-state index >= 15 is 0 Å². The third-order valence-electron chi connectivity index (χ3n) is 5.06. The fourth-order valence-electron chi connectivity index (χ4n) is 3.46. The van der Waals surface area contributed by atoms with Crippen molar-refractivity contribution in [1.82, 2.24) is 15.1 Å². The minimum absolute atomic E-state index is 0.0296. The molecule has 0 spiro atoms. The maximum Gasteiger partial charge on any atom is 0.305 e. The van der Waals surface area contributed by atoms with Gasteiger partial charge in [0.15, 0.2) is 5.69 Å². The number of carboxylic acids is 1. The van der Waals surface area contributed by atoms with Gasteiger partial charge >= 0.3 is 5.97 Å². The Bertz CT molecular complexity index is 1240. The van der Waals surface area contributed by atoms with Crippen LogP contribution in [0.15, 0.2) is 60.8 Å². The summed E-state index contributed by atoms with van der Waals surface area (Å²) >= 11 is 0. The highest BCUT2D eigenvalue weighted by Crippen LogP contribution is 2.23. The number of sulfonamides is 1. The Morgan fingerprint density at radius 2 is 1.76 bits per heavy atom. The van der Waals surface area contributed by atoms with Gasteiger partial charge in [0.1, 0.15) is 0 Å². The van der Waals surface area contributed by atoms with E-state index in [9.17, 15) is 23.1 Å². The average Bonchev–Trinajstić information content (AvgIpc) is 3.12. The number of carbonyl (C=O) groups excluding carboxylic acids is 1. The molecule has 0 saturated heterocycles. The second-order valence-corrected chi connectivity index (χ2v) is 9.54. The van der Waals surface area contributed by atoms with Crippen molar-refractivity contribution in [3.8, 4) is 0 Å². The van der Waals surface area contributed by atoms with Gasteiger partial charge in [0.25, 0.3) is 5.91 Å². The first-order valence-electron chi connectivity index (χ1n) is 10.3. The molecule has 2 aromatic carbocycles. The number of hydrogen-bond donors (Lipinski definition) is 3. The maximum absolute atomic E-state index is 13.0. The lowest BCUT2D eigenvalue weighted by Crippen LogP contribution is -2.32. The molecular formula is C23H26N4O5S. The van der Waals surface area contributed by atoms with Crippen LogP contribution in [-0.4, -0.2) is 40.9 Å². The smallest absolute Gasteiger partial charge is 0.305 e. The Labute approximate surface area is 192 Å². The summed E-state index contributed by atoms with van der Waals surface area (Å²) in [7, 11) is -2.20. The number of nitrogens with zero attached hydrogens (tertiary/aromatic N) is 2. The summed E-state index contributed by atoms with van der Waals surface area (Å²) in [5.41, 5.74) is 2.26. The molecule has 3 rings (SSSR count). The van der Waals surface area contributed by atoms with Crippen LogP contribution in [0.3, 0.4) is 0 Å². The van der Waals surface area contributed by atoms with Crippen LogP contribution in [0.5, 0.6) is 0 Å². The molecule has 0 bridgehead atoms. The van der Waals surface area contributed by atoms with Crippen molar-refractivity contribution in [3.63, 3.8) is 0 Å². The van der Waals surface area contributed by atoms with Crippen molar-refractivity contribution in [2.45, 2.75) is 25.8 Å². The van der Waals surface area contributed by atoms with Gasteiger partial charge in [0.05, 0.1) is 23.9 Å². The van der Waals surface area contributed by atoms with Gasteiger partial charge in [-0.3, -0.25) is 19.0 Å². The quantitative estimate of drug-likeness (QED) is 0.418. The molecule has 1 heterocycles. The molecule has 0 aliphatic carbocycles. The molecule has 9 nitrogen and oxygen atoms in total. The predicted molar refractivity (Wildman–Crippen MR) is 124 cm³/mol. The molecule has 3 aromatic rings. The molecule has 0 aliphatic rings. The van der Waals surface area contributed by atoms with Crippen LogP contribution in [0, 0.1) is 6.92 Å². The third kappa shape index (κ3) is 6.66. The molecule has 1 unspecified atom stereocenters. The Hall–Kier alpha value is -3.66. The molecule has 0 aliphatic heterocycles. The lowest BCUT2D eigenvalue weighted by molar-refractivity contribution is -0.137. The molecular weight excluding hydrogens is 444 g/mol. The maximum atomic E-state index is 13.0. The van der Waals surface area contributed by atoms with E-state index in [4.69, 9.17) is 0 Å². The Balaban J connectivity index is 1.78. The fourth-order valence-corrected chi connectivity index (χ4v) is 4.55. The first-order chi connectivity index (χ1) is 15.6. The minimum Gasteiger partial charge on any atom is -0.481 e. The van der Waals surface area contributed by atoms with Crippen LogP contribution >= 0.6 is 0 Å². The van der Waals surface area contributed by atoms with Crippen molar-refractivity contribution in [1.29, 1.82) is 0 Å². The molecule has 33 heavy (non-hydrogen) atoms. The standard InChI is InChI=1S/C23H26N4O5S/c1-16-8-6-7-11-18(16)19(14-21(28)29)24-23(30)22-20(15-27(2)25-22)26-33(31,32)13-12-17-9-4-3-5-10-17/h3-11,15,19,26H,12-14H2,1-2H3,(H,24,30)(H,28,29). The van der Waals surface area contributed by atoms with E-state index in [0.29, 0.717) is 12.0 Å². The first-order valence-corrected chi connectivity index (χ1v) is 12.0. The van der Waals surface area contributed by atoms with E-state index in [0.717, 1.165) is 11.1 Å². The number of aromatic nitrogens is 2. The Kier molecular flexibility index (Phi) is 7.49. The van der Waals surface area contributed by atoms with Crippen molar-refractivity contribution in [2.24, 2.45) is 7.05 Å². The monoisotopic (exact) mass is 470 g/mol. The topological polar surface area (TPSA) is 130 Å². The van der Waals surface area contributed by atoms with Gasteiger partial charge in [-0.1, -0.05) is 54.6 Å². The largest absolute Gasteiger partial charge is 0.481 e. The van der Waals surface area contributed by atoms with Gasteiger partial charge in [-0.2, -0.15) is 5.10 Å². The number of rotatable bonds is 10. The van der Waals surface area contributed by atoms with Crippen LogP contribution in [-0.2, 0) is 28.3 Å². The molecule has 10 heteroatoms. The highest BCUT2D eigenvalue weighted by atomic mass is 32.2. The summed E-state index contributed by atoms with van der Waals surface area (Å²) < 4.78 is 29.0. The summed E-state index contributed by atoms with van der Waals surface area (Å²) in [6.07, 6.45) is 1.38. The first kappa shape index (κ1) is 24.0. The zero-order valence-electron chi connectivity index (χ0n) is 18.4. The predicted octanol–water partition coefficient (Wildman–Crippen LogP) is 2.66. The zero-order valence-corrected chi connectivity index (χ0v) is 19.2. The number of anilines is 1. The van der Waals surface area contributed by atoms with Crippen LogP contribution in [0.1, 0.15) is 39.6 Å². The van der Waals surface area contributed by atoms with Crippen molar-refractivity contribution >= 4 is 27.6 Å². The van der Waals surface area contributed by atoms with Gasteiger partial charge in [-0.05, 0) is 30.0 Å². The van der Waals surface area contributed by atoms with Crippen molar-refractivity contribution in [3.05, 3.63) is 83.2 Å². The summed E-state index contributed by atoms with van der Waals surface area (Å²) in [5, 5.41) is 16.1. The number of aryl methyl sites for hydroxylation is 3. The average molecular weight is 471 g/mol. The van der Waals surface area contributed by atoms with Gasteiger partial charge in [-0.25, -0.2) is 8.42 Å². The molecule has 3 N–H and O–H groups in total. The molecule has 1 aromatic heterocycles. The molecule has 174 valence electrons. The van der Waals surface area contributed by atoms with E-state index in [2.05, 4.69) is 15.1 Å². The minimum atomic E-state index is -3.76. The zero-order chi connectivity index (χ0) is 24.0. The number of carbonyl (C=O) groups is 2. The van der Waals surface area contributed by atoms with E-state index in [1.807, 2.05) is 49.4 Å². The van der Waals surface area contributed by atoms with E-state index in [1.54, 1.807) is 19.2 Å². The number of hydrogen-bond acceptors (Lipinski definition) is 5. The molecule has 0 radical (unpaired) electrons. The van der Waals surface area contributed by atoms with E-state index < -0.39 is 27.9 Å². The van der Waals surface area contributed by atoms with Crippen LogP contribution in [0.4, 0.5) is 5.69 Å². The summed E-state index contributed by atoms with van der Waals surface area (Å²) in [6.45, 7) is 1.82. The van der Waals surface area contributed by atoms with Crippen LogP contribution in [0.25, 0.3) is 0 Å². The second kappa shape index (κ2) is 10.3. The number of benzene rings is 2. The molecule has 1 amide bonds. The highest BCUT2D eigenvalue weighted by molar-refractivity contribution is 7.92. The normalized spacial score (nSPS) is 12.2. The van der Waals surface area contributed by atoms with Gasteiger partial charge in [0, 0.05) is 13.2 Å².